The fourth-order valence-electron chi connectivity index (χ4n) is 2.75. The number of nitrogens with one attached hydrogen (secondary N) is 1. The lowest BCUT2D eigenvalue weighted by atomic mass is 9.85. The number of carbonyl (C=O) groups is 2. The van der Waals surface area contributed by atoms with E-state index < -0.39 is 35.4 Å². The lowest BCUT2D eigenvalue weighted by Crippen LogP contribution is -2.45. The van der Waals surface area contributed by atoms with Crippen molar-refractivity contribution < 1.29 is 32.6 Å². The average molecular weight is 424 g/mol. The molecule has 1 aliphatic rings. The second kappa shape index (κ2) is 9.35. The van der Waals surface area contributed by atoms with Gasteiger partial charge in [0.1, 0.15) is 30.6 Å². The van der Waals surface area contributed by atoms with Crippen molar-refractivity contribution in [1.82, 2.24) is 4.98 Å². The van der Waals surface area contributed by atoms with Gasteiger partial charge in [0.15, 0.2) is 5.54 Å². The van der Waals surface area contributed by atoms with E-state index in [0.717, 1.165) is 19.1 Å². The van der Waals surface area contributed by atoms with Gasteiger partial charge in [-0.1, -0.05) is 6.07 Å². The molecule has 1 aromatic heterocycles. The van der Waals surface area contributed by atoms with Gasteiger partial charge in [-0.2, -0.15) is 0 Å². The fraction of sp³-hybridized carbons (Fsp3) is 0.263. The van der Waals surface area contributed by atoms with E-state index in [2.05, 4.69) is 15.3 Å². The molecule has 0 saturated heterocycles. The molecule has 2 heterocycles. The maximum atomic E-state index is 14.7. The number of aromatic nitrogens is 1. The SMILES string of the molecule is C[C@]1(c2cc(NC(=O)c3ccccn3)ccc2F)N=C(N)COCC1(F)F.O=CO. The molecule has 1 aromatic carbocycles. The van der Waals surface area contributed by atoms with Crippen molar-refractivity contribution in [2.45, 2.75) is 18.4 Å². The Labute approximate surface area is 169 Å². The first kappa shape index (κ1) is 22.8. The second-order valence-electron chi connectivity index (χ2n) is 6.34. The number of alkyl halides is 2. The third-order valence-electron chi connectivity index (χ3n) is 4.26. The van der Waals surface area contributed by atoms with Crippen LogP contribution in [0.25, 0.3) is 0 Å². The lowest BCUT2D eigenvalue weighted by molar-refractivity contribution is -0.122. The zero-order valence-corrected chi connectivity index (χ0v) is 15.8. The molecular formula is C19H19F3N4O4. The number of carboxylic acid groups (broad SMARTS) is 1. The van der Waals surface area contributed by atoms with E-state index in [1.807, 2.05) is 0 Å². The molecule has 3 rings (SSSR count). The van der Waals surface area contributed by atoms with Crippen molar-refractivity contribution in [2.24, 2.45) is 10.7 Å². The van der Waals surface area contributed by atoms with Gasteiger partial charge >= 0.3 is 0 Å². The van der Waals surface area contributed by atoms with Gasteiger partial charge in [0, 0.05) is 17.4 Å². The normalized spacial score (nSPS) is 20.1. The van der Waals surface area contributed by atoms with Crippen molar-refractivity contribution >= 4 is 23.9 Å². The number of ether oxygens (including phenoxy) is 1. The molecule has 0 unspecified atom stereocenters. The number of rotatable bonds is 3. The number of anilines is 1. The Morgan fingerprint density at radius 1 is 1.33 bits per heavy atom. The number of halogens is 3. The summed E-state index contributed by atoms with van der Waals surface area (Å²) in [5.74, 6) is -5.14. The minimum atomic E-state index is -3.52. The number of hydrogen-bond acceptors (Lipinski definition) is 6. The highest BCUT2D eigenvalue weighted by Gasteiger charge is 2.54. The maximum absolute atomic E-state index is 14.7. The van der Waals surface area contributed by atoms with E-state index in [9.17, 15) is 18.0 Å². The largest absolute Gasteiger partial charge is 0.483 e. The summed E-state index contributed by atoms with van der Waals surface area (Å²) in [6, 6.07) is 8.13. The van der Waals surface area contributed by atoms with E-state index in [0.29, 0.717) is 0 Å². The molecule has 0 spiro atoms. The first-order valence-corrected chi connectivity index (χ1v) is 8.54. The minimum Gasteiger partial charge on any atom is -0.483 e. The summed E-state index contributed by atoms with van der Waals surface area (Å²) in [4.78, 5) is 28.3. The number of benzene rings is 1. The minimum absolute atomic E-state index is 0.123. The molecule has 0 aliphatic carbocycles. The van der Waals surface area contributed by atoms with Crippen LogP contribution in [-0.4, -0.2) is 47.4 Å². The predicted molar refractivity (Wildman–Crippen MR) is 102 cm³/mol. The van der Waals surface area contributed by atoms with Gasteiger partial charge in [-0.3, -0.25) is 19.6 Å². The molecule has 4 N–H and O–H groups in total. The first-order chi connectivity index (χ1) is 14.1. The Balaban J connectivity index is 0.00000101. The molecule has 1 atom stereocenters. The molecule has 0 radical (unpaired) electrons. The second-order valence-corrected chi connectivity index (χ2v) is 6.34. The average Bonchev–Trinajstić information content (AvgIpc) is 2.80. The summed E-state index contributed by atoms with van der Waals surface area (Å²) in [6.45, 7) is -0.405. The Morgan fingerprint density at radius 2 is 2.03 bits per heavy atom. The molecule has 2 aromatic rings. The highest BCUT2D eigenvalue weighted by molar-refractivity contribution is 6.02. The van der Waals surface area contributed by atoms with Gasteiger partial charge < -0.3 is 20.9 Å². The number of nitrogens with two attached hydrogens (primary N) is 1. The Kier molecular flexibility index (Phi) is 7.11. The van der Waals surface area contributed by atoms with Gasteiger partial charge in [-0.05, 0) is 37.3 Å². The topological polar surface area (TPSA) is 127 Å². The van der Waals surface area contributed by atoms with Crippen LogP contribution in [0, 0.1) is 5.82 Å². The Morgan fingerprint density at radius 3 is 2.67 bits per heavy atom. The molecule has 30 heavy (non-hydrogen) atoms. The van der Waals surface area contributed by atoms with E-state index in [-0.39, 0.29) is 30.3 Å². The van der Waals surface area contributed by atoms with Crippen molar-refractivity contribution in [1.29, 1.82) is 0 Å². The lowest BCUT2D eigenvalue weighted by Gasteiger charge is -2.33. The quantitative estimate of drug-likeness (QED) is 0.650. The Bertz CT molecular complexity index is 941. The third kappa shape index (κ3) is 4.92. The molecule has 0 saturated carbocycles. The van der Waals surface area contributed by atoms with Gasteiger partial charge in [-0.25, -0.2) is 13.2 Å². The number of carbonyl (C=O) groups excluding carboxylic acids is 1. The van der Waals surface area contributed by atoms with Crippen molar-refractivity contribution in [2.75, 3.05) is 18.5 Å². The number of amides is 1. The van der Waals surface area contributed by atoms with E-state index in [4.69, 9.17) is 20.4 Å². The summed E-state index contributed by atoms with van der Waals surface area (Å²) in [7, 11) is 0. The zero-order valence-electron chi connectivity index (χ0n) is 15.8. The summed E-state index contributed by atoms with van der Waals surface area (Å²) >= 11 is 0. The van der Waals surface area contributed by atoms with Gasteiger partial charge in [-0.15, -0.1) is 0 Å². The highest BCUT2D eigenvalue weighted by atomic mass is 19.3. The molecular weight excluding hydrogens is 405 g/mol. The summed E-state index contributed by atoms with van der Waals surface area (Å²) in [5.41, 5.74) is 3.17. The van der Waals surface area contributed by atoms with Crippen LogP contribution in [0.3, 0.4) is 0 Å². The fourth-order valence-corrected chi connectivity index (χ4v) is 2.75. The van der Waals surface area contributed by atoms with Crippen LogP contribution in [-0.2, 0) is 15.1 Å². The molecule has 1 aliphatic heterocycles. The molecule has 0 fully saturated rings. The Hall–Kier alpha value is -3.47. The van der Waals surface area contributed by atoms with Crippen LogP contribution in [0.2, 0.25) is 0 Å². The number of hydrogen-bond donors (Lipinski definition) is 3. The molecule has 0 bridgehead atoms. The van der Waals surface area contributed by atoms with Crippen LogP contribution in [0.5, 0.6) is 0 Å². The zero-order chi connectivity index (χ0) is 22.4. The van der Waals surface area contributed by atoms with Crippen molar-refractivity contribution in [3.63, 3.8) is 0 Å². The third-order valence-corrected chi connectivity index (χ3v) is 4.26. The summed E-state index contributed by atoms with van der Waals surface area (Å²) in [6.07, 6.45) is 1.44. The van der Waals surface area contributed by atoms with Crippen molar-refractivity contribution in [3.05, 3.63) is 59.7 Å². The van der Waals surface area contributed by atoms with Crippen molar-refractivity contribution in [3.8, 4) is 0 Å². The number of aliphatic imine (C=N–C) groups is 1. The highest BCUT2D eigenvalue weighted by Crippen LogP contribution is 2.44. The predicted octanol–water partition coefficient (Wildman–Crippen LogP) is 2.41. The van der Waals surface area contributed by atoms with Gasteiger partial charge in [0.05, 0.1) is 0 Å². The van der Waals surface area contributed by atoms with E-state index >= 15 is 0 Å². The van der Waals surface area contributed by atoms with Crippen LogP contribution in [0.1, 0.15) is 23.0 Å². The smallest absolute Gasteiger partial charge is 0.299 e. The molecule has 1 amide bonds. The molecule has 160 valence electrons. The summed E-state index contributed by atoms with van der Waals surface area (Å²) < 4.78 is 48.6. The standard InChI is InChI=1S/C18H17F3N4O2.CH2O2/c1-17(18(20,21)10-27-9-15(22)25-17)12-8-11(5-6-13(12)19)24-16(26)14-4-2-3-7-23-14;2-1-3/h2-8H,9-10H2,1H3,(H2,22,25)(H,24,26);1H,(H,2,3)/t17-;/m1./s1. The monoisotopic (exact) mass is 424 g/mol. The summed E-state index contributed by atoms with van der Waals surface area (Å²) in [5, 5.41) is 9.40. The van der Waals surface area contributed by atoms with E-state index in [1.165, 1.54) is 18.3 Å². The maximum Gasteiger partial charge on any atom is 0.299 e. The van der Waals surface area contributed by atoms with Crippen LogP contribution >= 0.6 is 0 Å². The van der Waals surface area contributed by atoms with Crippen LogP contribution in [0.15, 0.2) is 47.6 Å². The van der Waals surface area contributed by atoms with E-state index in [1.54, 1.807) is 12.1 Å². The van der Waals surface area contributed by atoms with Gasteiger partial charge in [0.2, 0.25) is 0 Å². The first-order valence-electron chi connectivity index (χ1n) is 8.54. The molecule has 8 nitrogen and oxygen atoms in total. The van der Waals surface area contributed by atoms with Crippen LogP contribution < -0.4 is 11.1 Å². The van der Waals surface area contributed by atoms with Gasteiger partial charge in [0.25, 0.3) is 18.3 Å². The molecule has 11 heteroatoms. The van der Waals surface area contributed by atoms with Crippen LogP contribution in [0.4, 0.5) is 18.9 Å². The number of nitrogens with zero attached hydrogens (tertiary/aromatic N) is 2. The number of amidine groups is 1. The number of pyridine rings is 1.